The van der Waals surface area contributed by atoms with E-state index in [0.717, 1.165) is 12.4 Å². The Morgan fingerprint density at radius 1 is 1.65 bits per heavy atom. The van der Waals surface area contributed by atoms with E-state index < -0.39 is 5.97 Å². The van der Waals surface area contributed by atoms with Crippen LogP contribution in [0.15, 0.2) is 6.20 Å². The molecule has 17 heavy (non-hydrogen) atoms. The van der Waals surface area contributed by atoms with Crippen LogP contribution in [0.3, 0.4) is 0 Å². The molecule has 0 saturated heterocycles. The number of halogens is 1. The summed E-state index contributed by atoms with van der Waals surface area (Å²) >= 11 is 5.89. The molecule has 0 aliphatic carbocycles. The van der Waals surface area contributed by atoms with Gasteiger partial charge in [0.05, 0.1) is 19.3 Å². The summed E-state index contributed by atoms with van der Waals surface area (Å²) < 4.78 is 1.76. The third kappa shape index (κ3) is 4.36. The van der Waals surface area contributed by atoms with Crippen LogP contribution in [0.4, 0.5) is 0 Å². The van der Waals surface area contributed by atoms with E-state index in [1.807, 2.05) is 11.9 Å². The van der Waals surface area contributed by atoms with Crippen molar-refractivity contribution < 1.29 is 9.90 Å². The summed E-state index contributed by atoms with van der Waals surface area (Å²) in [6.45, 7) is 5.34. The lowest BCUT2D eigenvalue weighted by molar-refractivity contribution is -0.138. The zero-order valence-electron chi connectivity index (χ0n) is 10.4. The van der Waals surface area contributed by atoms with Crippen LogP contribution in [0.25, 0.3) is 0 Å². The van der Waals surface area contributed by atoms with Gasteiger partial charge in [0.2, 0.25) is 0 Å². The quantitative estimate of drug-likeness (QED) is 0.843. The normalized spacial score (nSPS) is 11.4. The van der Waals surface area contributed by atoms with E-state index in [2.05, 4.69) is 18.8 Å². The first-order valence-corrected chi connectivity index (χ1v) is 5.88. The molecule has 6 heteroatoms. The minimum Gasteiger partial charge on any atom is -0.480 e. The van der Waals surface area contributed by atoms with Gasteiger partial charge in [0, 0.05) is 13.6 Å². The number of nitrogens with zero attached hydrogens (tertiary/aromatic N) is 3. The monoisotopic (exact) mass is 259 g/mol. The molecule has 0 bridgehead atoms. The molecule has 0 aliphatic rings. The molecule has 0 spiro atoms. The minimum absolute atomic E-state index is 0.0165. The Morgan fingerprint density at radius 2 is 2.29 bits per heavy atom. The van der Waals surface area contributed by atoms with Crippen molar-refractivity contribution in [1.29, 1.82) is 0 Å². The van der Waals surface area contributed by atoms with E-state index in [0.29, 0.717) is 17.6 Å². The molecule has 0 aliphatic heterocycles. The number of aromatic nitrogens is 2. The lowest BCUT2D eigenvalue weighted by Gasteiger charge is -2.21. The van der Waals surface area contributed by atoms with Gasteiger partial charge < -0.3 is 9.67 Å². The Hall–Kier alpha value is -1.07. The van der Waals surface area contributed by atoms with Gasteiger partial charge in [-0.1, -0.05) is 25.4 Å². The first-order valence-electron chi connectivity index (χ1n) is 5.50. The molecule has 0 unspecified atom stereocenters. The fourth-order valence-electron chi connectivity index (χ4n) is 1.66. The average Bonchev–Trinajstić information content (AvgIpc) is 2.47. The van der Waals surface area contributed by atoms with Crippen LogP contribution < -0.4 is 0 Å². The number of aliphatic carboxylic acids is 1. The molecule has 0 fully saturated rings. The van der Waals surface area contributed by atoms with E-state index in [9.17, 15) is 4.79 Å². The molecule has 0 radical (unpaired) electrons. The topological polar surface area (TPSA) is 58.4 Å². The number of hydrogen-bond acceptors (Lipinski definition) is 3. The highest BCUT2D eigenvalue weighted by Crippen LogP contribution is 2.12. The van der Waals surface area contributed by atoms with Crippen molar-refractivity contribution in [3.63, 3.8) is 0 Å². The zero-order chi connectivity index (χ0) is 13.0. The number of rotatable bonds is 6. The van der Waals surface area contributed by atoms with Crippen LogP contribution in [0, 0.1) is 5.92 Å². The molecule has 0 aromatic carbocycles. The van der Waals surface area contributed by atoms with Crippen molar-refractivity contribution in [3.8, 4) is 0 Å². The predicted octanol–water partition coefficient (Wildman–Crippen LogP) is 1.62. The molecule has 5 nitrogen and oxygen atoms in total. The first-order chi connectivity index (χ1) is 7.90. The first kappa shape index (κ1) is 14.0. The second-order valence-corrected chi connectivity index (χ2v) is 4.90. The summed E-state index contributed by atoms with van der Waals surface area (Å²) in [6, 6.07) is 0. The maximum absolute atomic E-state index is 10.8. The van der Waals surface area contributed by atoms with E-state index in [4.69, 9.17) is 16.7 Å². The summed E-state index contributed by atoms with van der Waals surface area (Å²) in [5, 5.41) is 9.41. The van der Waals surface area contributed by atoms with E-state index in [1.165, 1.54) is 0 Å². The molecule has 1 aromatic rings. The van der Waals surface area contributed by atoms with Gasteiger partial charge >= 0.3 is 5.97 Å². The van der Waals surface area contributed by atoms with Crippen LogP contribution in [-0.2, 0) is 18.4 Å². The standard InChI is InChI=1S/C11H18ClN3O2/c1-8(2)5-15(7-11(16)17)6-10-13-4-9(12)14(10)3/h4,8H,5-7H2,1-3H3,(H,16,17). The van der Waals surface area contributed by atoms with Crippen LogP contribution in [0.5, 0.6) is 0 Å². The van der Waals surface area contributed by atoms with Gasteiger partial charge in [-0.25, -0.2) is 4.98 Å². The molecule has 0 saturated carbocycles. The third-order valence-electron chi connectivity index (χ3n) is 2.37. The van der Waals surface area contributed by atoms with Gasteiger partial charge in [0.15, 0.2) is 0 Å². The summed E-state index contributed by atoms with van der Waals surface area (Å²) in [6.07, 6.45) is 1.57. The second-order valence-electron chi connectivity index (χ2n) is 4.51. The van der Waals surface area contributed by atoms with Gasteiger partial charge in [0.1, 0.15) is 11.0 Å². The highest BCUT2D eigenvalue weighted by Gasteiger charge is 2.15. The van der Waals surface area contributed by atoms with Gasteiger partial charge in [-0.05, 0) is 5.92 Å². The van der Waals surface area contributed by atoms with Crippen LogP contribution in [-0.4, -0.2) is 38.6 Å². The Morgan fingerprint density at radius 3 is 2.71 bits per heavy atom. The average molecular weight is 260 g/mol. The maximum atomic E-state index is 10.8. The van der Waals surface area contributed by atoms with Gasteiger partial charge in [-0.3, -0.25) is 9.69 Å². The van der Waals surface area contributed by atoms with E-state index in [1.54, 1.807) is 10.8 Å². The highest BCUT2D eigenvalue weighted by molar-refractivity contribution is 6.29. The number of carboxylic acid groups (broad SMARTS) is 1. The van der Waals surface area contributed by atoms with Crippen LogP contribution in [0.1, 0.15) is 19.7 Å². The summed E-state index contributed by atoms with van der Waals surface area (Å²) in [4.78, 5) is 16.8. The Balaban J connectivity index is 2.71. The fourth-order valence-corrected chi connectivity index (χ4v) is 1.81. The molecule has 1 rings (SSSR count). The largest absolute Gasteiger partial charge is 0.480 e. The third-order valence-corrected chi connectivity index (χ3v) is 2.73. The summed E-state index contributed by atoms with van der Waals surface area (Å²) in [5.74, 6) is 0.355. The Kier molecular flexibility index (Phi) is 4.96. The zero-order valence-corrected chi connectivity index (χ0v) is 11.1. The van der Waals surface area contributed by atoms with E-state index >= 15 is 0 Å². The number of hydrogen-bond donors (Lipinski definition) is 1. The summed E-state index contributed by atoms with van der Waals surface area (Å²) in [5.41, 5.74) is 0. The fraction of sp³-hybridized carbons (Fsp3) is 0.636. The Bertz CT molecular complexity index is 390. The van der Waals surface area contributed by atoms with Gasteiger partial charge in [0.25, 0.3) is 0 Å². The second kappa shape index (κ2) is 6.02. The van der Waals surface area contributed by atoms with Gasteiger partial charge in [-0.2, -0.15) is 0 Å². The van der Waals surface area contributed by atoms with Crippen molar-refractivity contribution in [3.05, 3.63) is 17.2 Å². The molecular formula is C11H18ClN3O2. The molecular weight excluding hydrogens is 242 g/mol. The maximum Gasteiger partial charge on any atom is 0.317 e. The molecule has 0 atom stereocenters. The minimum atomic E-state index is -0.828. The van der Waals surface area contributed by atoms with Crippen molar-refractivity contribution in [2.75, 3.05) is 13.1 Å². The van der Waals surface area contributed by atoms with Crippen LogP contribution >= 0.6 is 11.6 Å². The van der Waals surface area contributed by atoms with Crippen molar-refractivity contribution in [1.82, 2.24) is 14.5 Å². The molecule has 0 amide bonds. The highest BCUT2D eigenvalue weighted by atomic mass is 35.5. The van der Waals surface area contributed by atoms with E-state index in [-0.39, 0.29) is 6.54 Å². The van der Waals surface area contributed by atoms with Crippen molar-refractivity contribution in [2.24, 2.45) is 13.0 Å². The molecule has 1 heterocycles. The molecule has 96 valence electrons. The SMILES string of the molecule is CC(C)CN(CC(=O)O)Cc1ncc(Cl)n1C. The molecule has 1 aromatic heterocycles. The lowest BCUT2D eigenvalue weighted by Crippen LogP contribution is -2.33. The predicted molar refractivity (Wildman–Crippen MR) is 66.0 cm³/mol. The number of carbonyl (C=O) groups is 1. The number of imidazole rings is 1. The lowest BCUT2D eigenvalue weighted by atomic mass is 10.2. The van der Waals surface area contributed by atoms with Gasteiger partial charge in [-0.15, -0.1) is 0 Å². The molecule has 1 N–H and O–H groups in total. The van der Waals surface area contributed by atoms with Crippen molar-refractivity contribution >= 4 is 17.6 Å². The summed E-state index contributed by atoms with van der Waals surface area (Å²) in [7, 11) is 1.82. The van der Waals surface area contributed by atoms with Crippen LogP contribution in [0.2, 0.25) is 5.15 Å². The smallest absolute Gasteiger partial charge is 0.317 e. The Labute approximate surface area is 106 Å². The van der Waals surface area contributed by atoms with Crippen molar-refractivity contribution in [2.45, 2.75) is 20.4 Å². The number of carboxylic acids is 1.